The molecule has 2 aromatic rings. The van der Waals surface area contributed by atoms with Crippen LogP contribution in [-0.4, -0.2) is 37.6 Å². The van der Waals surface area contributed by atoms with Crippen molar-refractivity contribution < 1.29 is 9.53 Å². The molecule has 0 aliphatic carbocycles. The molecule has 1 aliphatic rings. The Labute approximate surface area is 162 Å². The van der Waals surface area contributed by atoms with Gasteiger partial charge in [0.25, 0.3) is 0 Å². The number of methoxy groups -OCH3 is 1. The van der Waals surface area contributed by atoms with Gasteiger partial charge >= 0.3 is 0 Å². The molecule has 0 bridgehead atoms. The molecule has 2 aromatic carbocycles. The van der Waals surface area contributed by atoms with E-state index in [1.54, 1.807) is 7.11 Å². The van der Waals surface area contributed by atoms with Crippen molar-refractivity contribution >= 4 is 5.91 Å². The Morgan fingerprint density at radius 1 is 1.19 bits per heavy atom. The summed E-state index contributed by atoms with van der Waals surface area (Å²) in [4.78, 5) is 14.8. The number of benzene rings is 2. The number of hydrogen-bond donors (Lipinski definition) is 1. The molecule has 0 saturated carbocycles. The standard InChI is InChI=1S/C23H30N2O2/c1-18-6-3-4-8-21(18)17-25-13-5-7-20(16-25)15-24-23(26)14-19-9-11-22(27-2)12-10-19/h3-4,6,8-12,20H,5,7,13-17H2,1-2H3,(H,24,26)/t20-/m0/s1. The van der Waals surface area contributed by atoms with Gasteiger partial charge in [0.05, 0.1) is 13.5 Å². The Morgan fingerprint density at radius 3 is 2.70 bits per heavy atom. The van der Waals surface area contributed by atoms with Crippen LogP contribution in [0.4, 0.5) is 0 Å². The van der Waals surface area contributed by atoms with Gasteiger partial charge < -0.3 is 10.1 Å². The van der Waals surface area contributed by atoms with E-state index in [1.165, 1.54) is 24.0 Å². The van der Waals surface area contributed by atoms with Gasteiger partial charge in [0.1, 0.15) is 5.75 Å². The summed E-state index contributed by atoms with van der Waals surface area (Å²) >= 11 is 0. The number of aryl methyl sites for hydroxylation is 1. The number of carbonyl (C=O) groups is 1. The van der Waals surface area contributed by atoms with Crippen LogP contribution >= 0.6 is 0 Å². The van der Waals surface area contributed by atoms with Crippen LogP contribution in [0.2, 0.25) is 0 Å². The van der Waals surface area contributed by atoms with Crippen molar-refractivity contribution in [3.05, 3.63) is 65.2 Å². The topological polar surface area (TPSA) is 41.6 Å². The summed E-state index contributed by atoms with van der Waals surface area (Å²) in [5.41, 5.74) is 3.77. The van der Waals surface area contributed by atoms with Gasteiger partial charge in [0.2, 0.25) is 5.91 Å². The maximum atomic E-state index is 12.3. The number of nitrogens with zero attached hydrogens (tertiary/aromatic N) is 1. The molecule has 1 heterocycles. The van der Waals surface area contributed by atoms with Gasteiger partial charge in [-0.25, -0.2) is 0 Å². The summed E-state index contributed by atoms with van der Waals surface area (Å²) in [7, 11) is 1.65. The third kappa shape index (κ3) is 5.83. The molecule has 1 atom stereocenters. The number of ether oxygens (including phenoxy) is 1. The van der Waals surface area contributed by atoms with Gasteiger partial charge in [-0.1, -0.05) is 36.4 Å². The van der Waals surface area contributed by atoms with Crippen LogP contribution in [-0.2, 0) is 17.8 Å². The van der Waals surface area contributed by atoms with Crippen LogP contribution in [0.5, 0.6) is 5.75 Å². The third-order valence-electron chi connectivity index (χ3n) is 5.37. The Kier molecular flexibility index (Phi) is 6.88. The molecule has 1 fully saturated rings. The highest BCUT2D eigenvalue weighted by molar-refractivity contribution is 5.78. The second-order valence-corrected chi connectivity index (χ2v) is 7.50. The SMILES string of the molecule is COc1ccc(CC(=O)NC[C@@H]2CCCN(Cc3ccccc3C)C2)cc1. The van der Waals surface area contributed by atoms with Gasteiger partial charge in [0.15, 0.2) is 0 Å². The van der Waals surface area contributed by atoms with Crippen LogP contribution in [0.3, 0.4) is 0 Å². The lowest BCUT2D eigenvalue weighted by atomic mass is 9.97. The van der Waals surface area contributed by atoms with Crippen LogP contribution in [0, 0.1) is 12.8 Å². The number of nitrogens with one attached hydrogen (secondary N) is 1. The van der Waals surface area contributed by atoms with Crippen molar-refractivity contribution in [3.63, 3.8) is 0 Å². The number of hydrogen-bond acceptors (Lipinski definition) is 3. The molecular weight excluding hydrogens is 336 g/mol. The molecule has 1 N–H and O–H groups in total. The second kappa shape index (κ2) is 9.56. The first-order valence-corrected chi connectivity index (χ1v) is 9.80. The molecule has 4 heteroatoms. The smallest absolute Gasteiger partial charge is 0.224 e. The fraction of sp³-hybridized carbons (Fsp3) is 0.435. The van der Waals surface area contributed by atoms with E-state index >= 15 is 0 Å². The summed E-state index contributed by atoms with van der Waals surface area (Å²) in [6.07, 6.45) is 2.81. The molecule has 0 unspecified atom stereocenters. The van der Waals surface area contributed by atoms with Crippen molar-refractivity contribution in [2.75, 3.05) is 26.7 Å². The van der Waals surface area contributed by atoms with E-state index in [2.05, 4.69) is 41.4 Å². The molecule has 0 aromatic heterocycles. The average Bonchev–Trinajstić information content (AvgIpc) is 2.69. The molecule has 3 rings (SSSR count). The fourth-order valence-electron chi connectivity index (χ4n) is 3.74. The van der Waals surface area contributed by atoms with E-state index in [0.717, 1.165) is 37.5 Å². The molecule has 27 heavy (non-hydrogen) atoms. The maximum Gasteiger partial charge on any atom is 0.224 e. The summed E-state index contributed by atoms with van der Waals surface area (Å²) in [6.45, 7) is 6.14. The van der Waals surface area contributed by atoms with Crippen molar-refractivity contribution in [1.29, 1.82) is 0 Å². The van der Waals surface area contributed by atoms with Gasteiger partial charge in [-0.2, -0.15) is 0 Å². The molecule has 1 saturated heterocycles. The number of likely N-dealkylation sites (tertiary alicyclic amines) is 1. The molecule has 4 nitrogen and oxygen atoms in total. The first-order valence-electron chi connectivity index (χ1n) is 9.80. The van der Waals surface area contributed by atoms with E-state index in [4.69, 9.17) is 4.74 Å². The summed E-state index contributed by atoms with van der Waals surface area (Å²) in [6, 6.07) is 16.3. The van der Waals surface area contributed by atoms with E-state index in [9.17, 15) is 4.79 Å². The van der Waals surface area contributed by atoms with Crippen LogP contribution in [0.1, 0.15) is 29.5 Å². The van der Waals surface area contributed by atoms with Crippen LogP contribution in [0.25, 0.3) is 0 Å². The third-order valence-corrected chi connectivity index (χ3v) is 5.37. The van der Waals surface area contributed by atoms with E-state index in [0.29, 0.717) is 12.3 Å². The van der Waals surface area contributed by atoms with Crippen molar-refractivity contribution in [3.8, 4) is 5.75 Å². The minimum atomic E-state index is 0.0937. The van der Waals surface area contributed by atoms with Crippen molar-refractivity contribution in [2.24, 2.45) is 5.92 Å². The summed E-state index contributed by atoms with van der Waals surface area (Å²) < 4.78 is 5.16. The number of carbonyl (C=O) groups excluding carboxylic acids is 1. The first-order chi connectivity index (χ1) is 13.1. The van der Waals surface area contributed by atoms with Crippen molar-refractivity contribution in [2.45, 2.75) is 32.7 Å². The molecule has 144 valence electrons. The number of rotatable bonds is 7. The Morgan fingerprint density at radius 2 is 1.96 bits per heavy atom. The quantitative estimate of drug-likeness (QED) is 0.814. The van der Waals surface area contributed by atoms with Gasteiger partial charge in [0, 0.05) is 19.6 Å². The lowest BCUT2D eigenvalue weighted by molar-refractivity contribution is -0.120. The number of amides is 1. The van der Waals surface area contributed by atoms with Crippen LogP contribution in [0.15, 0.2) is 48.5 Å². The Hall–Kier alpha value is -2.33. The first kappa shape index (κ1) is 19.4. The fourth-order valence-corrected chi connectivity index (χ4v) is 3.74. The second-order valence-electron chi connectivity index (χ2n) is 7.50. The predicted molar refractivity (Wildman–Crippen MR) is 109 cm³/mol. The zero-order valence-electron chi connectivity index (χ0n) is 16.4. The van der Waals surface area contributed by atoms with Crippen molar-refractivity contribution in [1.82, 2.24) is 10.2 Å². The molecular formula is C23H30N2O2. The Balaban J connectivity index is 1.44. The predicted octanol–water partition coefficient (Wildman–Crippen LogP) is 3.57. The van der Waals surface area contributed by atoms with E-state index in [-0.39, 0.29) is 5.91 Å². The zero-order valence-corrected chi connectivity index (χ0v) is 16.4. The molecule has 0 radical (unpaired) electrons. The molecule has 1 amide bonds. The average molecular weight is 367 g/mol. The lowest BCUT2D eigenvalue weighted by Gasteiger charge is -2.33. The highest BCUT2D eigenvalue weighted by Gasteiger charge is 2.20. The molecule has 0 spiro atoms. The normalized spacial score (nSPS) is 17.5. The number of piperidine rings is 1. The van der Waals surface area contributed by atoms with E-state index in [1.807, 2.05) is 24.3 Å². The summed E-state index contributed by atoms with van der Waals surface area (Å²) in [5.74, 6) is 1.44. The maximum absolute atomic E-state index is 12.3. The van der Waals surface area contributed by atoms with Gasteiger partial charge in [-0.3, -0.25) is 9.69 Å². The highest BCUT2D eigenvalue weighted by Crippen LogP contribution is 2.19. The van der Waals surface area contributed by atoms with E-state index < -0.39 is 0 Å². The zero-order chi connectivity index (χ0) is 19.1. The Bertz CT molecular complexity index is 742. The lowest BCUT2D eigenvalue weighted by Crippen LogP contribution is -2.41. The summed E-state index contributed by atoms with van der Waals surface area (Å²) in [5, 5.41) is 3.13. The minimum Gasteiger partial charge on any atom is -0.497 e. The highest BCUT2D eigenvalue weighted by atomic mass is 16.5. The van der Waals surface area contributed by atoms with Gasteiger partial charge in [-0.15, -0.1) is 0 Å². The largest absolute Gasteiger partial charge is 0.497 e. The minimum absolute atomic E-state index is 0.0937. The monoisotopic (exact) mass is 366 g/mol. The molecule has 1 aliphatic heterocycles. The van der Waals surface area contributed by atoms with Crippen LogP contribution < -0.4 is 10.1 Å². The van der Waals surface area contributed by atoms with Gasteiger partial charge in [-0.05, 0) is 61.1 Å².